The lowest BCUT2D eigenvalue weighted by Gasteiger charge is -2.28. The zero-order valence-electron chi connectivity index (χ0n) is 13.8. The quantitative estimate of drug-likeness (QED) is 0.489. The third-order valence-electron chi connectivity index (χ3n) is 4.17. The molecule has 1 saturated heterocycles. The van der Waals surface area contributed by atoms with Gasteiger partial charge in [-0.05, 0) is 39.2 Å². The van der Waals surface area contributed by atoms with Gasteiger partial charge in [0, 0.05) is 24.7 Å². The van der Waals surface area contributed by atoms with Crippen LogP contribution in [0.4, 0.5) is 11.4 Å². The maximum absolute atomic E-state index is 11.5. The van der Waals surface area contributed by atoms with Crippen LogP contribution in [0.2, 0.25) is 0 Å². The van der Waals surface area contributed by atoms with E-state index >= 15 is 0 Å². The standard InChI is InChI=1S/C16H20N6O2/c1-12-18-19-13(2)21(12)17-11-14-6-7-15(16(10-14)22(23)24)20-8-4-3-5-9-20/h6-7,10-11H,3-5,8-9H2,1-2H3. The molecule has 126 valence electrons. The number of piperidine rings is 1. The first-order valence-electron chi connectivity index (χ1n) is 8.02. The van der Waals surface area contributed by atoms with Gasteiger partial charge in [-0.1, -0.05) is 6.07 Å². The van der Waals surface area contributed by atoms with E-state index in [4.69, 9.17) is 0 Å². The number of nitrogens with zero attached hydrogens (tertiary/aromatic N) is 6. The van der Waals surface area contributed by atoms with E-state index in [-0.39, 0.29) is 10.6 Å². The summed E-state index contributed by atoms with van der Waals surface area (Å²) in [6, 6.07) is 5.24. The highest BCUT2D eigenvalue weighted by atomic mass is 16.6. The number of nitro benzene ring substituents is 1. The van der Waals surface area contributed by atoms with Crippen LogP contribution in [0.5, 0.6) is 0 Å². The molecule has 8 heteroatoms. The Hall–Kier alpha value is -2.77. The van der Waals surface area contributed by atoms with E-state index in [1.54, 1.807) is 30.8 Å². The Morgan fingerprint density at radius 2 is 1.83 bits per heavy atom. The fourth-order valence-corrected chi connectivity index (χ4v) is 2.92. The fraction of sp³-hybridized carbons (Fsp3) is 0.438. The van der Waals surface area contributed by atoms with E-state index in [9.17, 15) is 10.1 Å². The average Bonchev–Trinajstić information content (AvgIpc) is 2.92. The molecule has 1 aliphatic heterocycles. The predicted molar refractivity (Wildman–Crippen MR) is 91.6 cm³/mol. The summed E-state index contributed by atoms with van der Waals surface area (Å²) >= 11 is 0. The second-order valence-electron chi connectivity index (χ2n) is 5.90. The lowest BCUT2D eigenvalue weighted by molar-refractivity contribution is -0.384. The molecule has 0 spiro atoms. The third-order valence-corrected chi connectivity index (χ3v) is 4.17. The Balaban J connectivity index is 1.90. The zero-order valence-corrected chi connectivity index (χ0v) is 13.8. The molecule has 0 atom stereocenters. The van der Waals surface area contributed by atoms with Gasteiger partial charge in [0.25, 0.3) is 5.69 Å². The van der Waals surface area contributed by atoms with E-state index in [1.807, 2.05) is 12.1 Å². The summed E-state index contributed by atoms with van der Waals surface area (Å²) in [7, 11) is 0. The van der Waals surface area contributed by atoms with E-state index in [0.29, 0.717) is 22.9 Å². The molecule has 8 nitrogen and oxygen atoms in total. The van der Waals surface area contributed by atoms with Crippen molar-refractivity contribution in [1.82, 2.24) is 14.9 Å². The fourth-order valence-electron chi connectivity index (χ4n) is 2.92. The van der Waals surface area contributed by atoms with Gasteiger partial charge in [0.1, 0.15) is 5.69 Å². The van der Waals surface area contributed by atoms with Gasteiger partial charge in [0.2, 0.25) is 0 Å². The van der Waals surface area contributed by atoms with Crippen molar-refractivity contribution < 1.29 is 4.92 Å². The molecular weight excluding hydrogens is 308 g/mol. The van der Waals surface area contributed by atoms with E-state index in [2.05, 4.69) is 20.2 Å². The van der Waals surface area contributed by atoms with Crippen molar-refractivity contribution in [3.63, 3.8) is 0 Å². The van der Waals surface area contributed by atoms with Crippen molar-refractivity contribution in [2.75, 3.05) is 18.0 Å². The van der Waals surface area contributed by atoms with Gasteiger partial charge < -0.3 is 4.90 Å². The number of rotatable bonds is 4. The van der Waals surface area contributed by atoms with E-state index in [1.165, 1.54) is 6.42 Å². The molecule has 1 aromatic carbocycles. The first-order valence-corrected chi connectivity index (χ1v) is 8.02. The van der Waals surface area contributed by atoms with Crippen molar-refractivity contribution in [3.8, 4) is 0 Å². The van der Waals surface area contributed by atoms with Crippen LogP contribution in [0, 0.1) is 24.0 Å². The van der Waals surface area contributed by atoms with Crippen LogP contribution in [-0.2, 0) is 0 Å². The van der Waals surface area contributed by atoms with Crippen molar-refractivity contribution in [2.24, 2.45) is 5.10 Å². The summed E-state index contributed by atoms with van der Waals surface area (Å²) in [5, 5.41) is 23.6. The van der Waals surface area contributed by atoms with Crippen molar-refractivity contribution in [1.29, 1.82) is 0 Å². The first kappa shape index (κ1) is 16.1. The second kappa shape index (κ2) is 6.77. The maximum Gasteiger partial charge on any atom is 0.293 e. The Bertz CT molecular complexity index is 757. The smallest absolute Gasteiger partial charge is 0.293 e. The number of hydrogen-bond acceptors (Lipinski definition) is 6. The van der Waals surface area contributed by atoms with Crippen LogP contribution in [0.25, 0.3) is 0 Å². The van der Waals surface area contributed by atoms with Crippen LogP contribution in [0.1, 0.15) is 36.5 Å². The number of benzene rings is 1. The predicted octanol–water partition coefficient (Wildman–Crippen LogP) is 2.68. The maximum atomic E-state index is 11.5. The summed E-state index contributed by atoms with van der Waals surface area (Å²) < 4.78 is 1.60. The minimum atomic E-state index is -0.323. The van der Waals surface area contributed by atoms with Crippen molar-refractivity contribution >= 4 is 17.6 Å². The molecule has 1 aromatic heterocycles. The Kier molecular flexibility index (Phi) is 4.54. The molecule has 1 aliphatic rings. The molecule has 0 amide bonds. The van der Waals surface area contributed by atoms with Gasteiger partial charge >= 0.3 is 0 Å². The Morgan fingerprint density at radius 1 is 1.17 bits per heavy atom. The molecule has 0 bridgehead atoms. The minimum Gasteiger partial charge on any atom is -0.366 e. The van der Waals surface area contributed by atoms with E-state index in [0.717, 1.165) is 25.9 Å². The summed E-state index contributed by atoms with van der Waals surface area (Å²) in [6.07, 6.45) is 4.93. The average molecular weight is 328 g/mol. The number of anilines is 1. The number of nitro groups is 1. The second-order valence-corrected chi connectivity index (χ2v) is 5.90. The highest BCUT2D eigenvalue weighted by Crippen LogP contribution is 2.30. The Labute approximate surface area is 140 Å². The van der Waals surface area contributed by atoms with Crippen molar-refractivity contribution in [3.05, 3.63) is 45.5 Å². The SMILES string of the molecule is Cc1nnc(C)n1N=Cc1ccc(N2CCCCC2)c([N+](=O)[O-])c1. The van der Waals surface area contributed by atoms with Crippen molar-refractivity contribution in [2.45, 2.75) is 33.1 Å². The van der Waals surface area contributed by atoms with Gasteiger partial charge in [0.15, 0.2) is 11.6 Å². The molecule has 0 saturated carbocycles. The van der Waals surface area contributed by atoms with Gasteiger partial charge in [0.05, 0.1) is 11.1 Å². The molecule has 0 unspecified atom stereocenters. The van der Waals surface area contributed by atoms with E-state index < -0.39 is 0 Å². The van der Waals surface area contributed by atoms with Gasteiger partial charge in [-0.25, -0.2) is 4.68 Å². The third kappa shape index (κ3) is 3.27. The van der Waals surface area contributed by atoms with Gasteiger partial charge in [-0.2, -0.15) is 5.10 Å². The summed E-state index contributed by atoms with van der Waals surface area (Å²) in [5.74, 6) is 1.34. The van der Waals surface area contributed by atoms with Crippen LogP contribution < -0.4 is 4.90 Å². The van der Waals surface area contributed by atoms with Crippen LogP contribution >= 0.6 is 0 Å². The first-order chi connectivity index (χ1) is 11.6. The molecule has 1 fully saturated rings. The molecule has 24 heavy (non-hydrogen) atoms. The lowest BCUT2D eigenvalue weighted by Crippen LogP contribution is -2.29. The topological polar surface area (TPSA) is 89.5 Å². The number of aromatic nitrogens is 3. The van der Waals surface area contributed by atoms with Gasteiger partial charge in [-0.15, -0.1) is 10.2 Å². The molecule has 0 radical (unpaired) electrons. The molecular formula is C16H20N6O2. The molecule has 3 rings (SSSR count). The van der Waals surface area contributed by atoms with Crippen LogP contribution in [0.15, 0.2) is 23.3 Å². The highest BCUT2D eigenvalue weighted by Gasteiger charge is 2.21. The highest BCUT2D eigenvalue weighted by molar-refractivity contribution is 5.83. The number of hydrogen-bond donors (Lipinski definition) is 0. The lowest BCUT2D eigenvalue weighted by atomic mass is 10.1. The summed E-state index contributed by atoms with van der Waals surface area (Å²) in [4.78, 5) is 13.2. The van der Waals surface area contributed by atoms with Gasteiger partial charge in [-0.3, -0.25) is 10.1 Å². The molecule has 0 N–H and O–H groups in total. The zero-order chi connectivity index (χ0) is 17.1. The molecule has 2 aromatic rings. The summed E-state index contributed by atoms with van der Waals surface area (Å²) in [6.45, 7) is 5.35. The molecule has 2 heterocycles. The minimum absolute atomic E-state index is 0.123. The van der Waals surface area contributed by atoms with Crippen LogP contribution in [-0.4, -0.2) is 39.1 Å². The summed E-state index contributed by atoms with van der Waals surface area (Å²) in [5.41, 5.74) is 1.49. The monoisotopic (exact) mass is 328 g/mol. The normalized spacial score (nSPS) is 15.2. The largest absolute Gasteiger partial charge is 0.366 e. The Morgan fingerprint density at radius 3 is 2.46 bits per heavy atom. The molecule has 0 aliphatic carbocycles. The number of aryl methyl sites for hydroxylation is 2. The van der Waals surface area contributed by atoms with Crippen LogP contribution in [0.3, 0.4) is 0 Å².